The van der Waals surface area contributed by atoms with Crippen molar-refractivity contribution in [1.82, 2.24) is 0 Å². The number of hydrogen-bond donors (Lipinski definition) is 2. The van der Waals surface area contributed by atoms with Crippen molar-refractivity contribution in [3.8, 4) is 0 Å². The van der Waals surface area contributed by atoms with Gasteiger partial charge in [0.15, 0.2) is 0 Å². The number of aryl methyl sites for hydroxylation is 1. The van der Waals surface area contributed by atoms with Crippen molar-refractivity contribution in [2.75, 3.05) is 5.32 Å². The van der Waals surface area contributed by atoms with Gasteiger partial charge in [-0.3, -0.25) is 9.59 Å². The first-order chi connectivity index (χ1) is 18.0. The molecule has 0 aromatic heterocycles. The molecule has 1 aromatic carbocycles. The van der Waals surface area contributed by atoms with E-state index in [4.69, 9.17) is 4.74 Å². The van der Waals surface area contributed by atoms with Crippen LogP contribution in [0.1, 0.15) is 97.5 Å². The third-order valence-electron chi connectivity index (χ3n) is 11.9. The average molecular weight is 524 g/mol. The molecule has 1 aromatic rings. The van der Waals surface area contributed by atoms with E-state index in [-0.39, 0.29) is 34.9 Å². The minimum absolute atomic E-state index is 0.0279. The monoisotopic (exact) mass is 523 g/mol. The van der Waals surface area contributed by atoms with Gasteiger partial charge in [-0.05, 0) is 117 Å². The van der Waals surface area contributed by atoms with Crippen molar-refractivity contribution in [2.45, 2.75) is 111 Å². The van der Waals surface area contributed by atoms with Crippen LogP contribution >= 0.6 is 0 Å². The van der Waals surface area contributed by atoms with Crippen LogP contribution in [0.15, 0.2) is 24.3 Å². The van der Waals surface area contributed by atoms with Gasteiger partial charge in [-0.15, -0.1) is 0 Å². The Morgan fingerprint density at radius 2 is 1.71 bits per heavy atom. The van der Waals surface area contributed by atoms with Gasteiger partial charge in [0.2, 0.25) is 5.91 Å². The fraction of sp³-hybridized carbons (Fsp3) is 0.758. The maximum absolute atomic E-state index is 12.7. The van der Waals surface area contributed by atoms with Crippen LogP contribution in [-0.2, 0) is 14.3 Å². The van der Waals surface area contributed by atoms with E-state index < -0.39 is 0 Å². The molecule has 5 nitrogen and oxygen atoms in total. The summed E-state index contributed by atoms with van der Waals surface area (Å²) in [5, 5.41) is 13.5. The highest BCUT2D eigenvalue weighted by Gasteiger charge is 2.63. The molecule has 0 heterocycles. The Hall–Kier alpha value is -1.88. The summed E-state index contributed by atoms with van der Waals surface area (Å²) in [5.74, 6) is 2.98. The number of ether oxygens (including phenoxy) is 1. The Kier molecular flexibility index (Phi) is 7.72. The molecule has 4 aliphatic rings. The molecule has 0 saturated heterocycles. The molecule has 5 rings (SSSR count). The second-order valence-corrected chi connectivity index (χ2v) is 14.0. The molecule has 5 heteroatoms. The summed E-state index contributed by atoms with van der Waals surface area (Å²) in [6.45, 7) is 11.0. The number of benzene rings is 1. The molecule has 38 heavy (non-hydrogen) atoms. The summed E-state index contributed by atoms with van der Waals surface area (Å²) in [4.78, 5) is 25.0. The minimum Gasteiger partial charge on any atom is -0.462 e. The highest BCUT2D eigenvalue weighted by Crippen LogP contribution is 2.68. The summed E-state index contributed by atoms with van der Waals surface area (Å²) >= 11 is 0. The Bertz CT molecular complexity index is 1020. The highest BCUT2D eigenvalue weighted by molar-refractivity contribution is 5.90. The molecule has 4 aliphatic carbocycles. The van der Waals surface area contributed by atoms with Crippen molar-refractivity contribution >= 4 is 17.6 Å². The van der Waals surface area contributed by atoms with Gasteiger partial charge in [0.05, 0.1) is 6.10 Å². The third-order valence-corrected chi connectivity index (χ3v) is 11.9. The number of fused-ring (bicyclic) bond motifs is 5. The van der Waals surface area contributed by atoms with E-state index in [0.717, 1.165) is 37.8 Å². The fourth-order valence-corrected chi connectivity index (χ4v) is 9.91. The zero-order chi connectivity index (χ0) is 27.2. The number of carbonyl (C=O) groups is 2. The molecule has 5 unspecified atom stereocenters. The Morgan fingerprint density at radius 3 is 2.42 bits per heavy atom. The number of nitrogens with one attached hydrogen (secondary N) is 1. The summed E-state index contributed by atoms with van der Waals surface area (Å²) < 4.78 is 6.11. The lowest BCUT2D eigenvalue weighted by atomic mass is 9.43. The summed E-state index contributed by atoms with van der Waals surface area (Å²) in [5.41, 5.74) is 2.52. The van der Waals surface area contributed by atoms with Gasteiger partial charge in [0.25, 0.3) is 0 Å². The van der Waals surface area contributed by atoms with Crippen molar-refractivity contribution in [3.63, 3.8) is 0 Å². The number of aliphatic hydroxyl groups is 1. The van der Waals surface area contributed by atoms with Crippen molar-refractivity contribution in [2.24, 2.45) is 46.3 Å². The van der Waals surface area contributed by atoms with Crippen LogP contribution in [0.3, 0.4) is 0 Å². The fourth-order valence-electron chi connectivity index (χ4n) is 9.91. The lowest BCUT2D eigenvalue weighted by molar-refractivity contribution is -0.194. The number of carbonyl (C=O) groups excluding carboxylic acids is 2. The maximum atomic E-state index is 12.7. The quantitative estimate of drug-likeness (QED) is 0.397. The summed E-state index contributed by atoms with van der Waals surface area (Å²) in [6.07, 6.45) is 9.78. The highest BCUT2D eigenvalue weighted by atomic mass is 16.5. The van der Waals surface area contributed by atoms with E-state index >= 15 is 0 Å². The molecule has 0 bridgehead atoms. The lowest BCUT2D eigenvalue weighted by Crippen LogP contribution is -2.59. The van der Waals surface area contributed by atoms with Gasteiger partial charge >= 0.3 is 5.97 Å². The molecule has 4 fully saturated rings. The van der Waals surface area contributed by atoms with Crippen LogP contribution < -0.4 is 5.32 Å². The summed E-state index contributed by atoms with van der Waals surface area (Å²) in [6, 6.07) is 8.00. The first-order valence-electron chi connectivity index (χ1n) is 15.2. The molecule has 4 saturated carbocycles. The smallest absolute Gasteiger partial charge is 0.302 e. The zero-order valence-corrected chi connectivity index (χ0v) is 24.2. The molecular formula is C33H49NO4. The largest absolute Gasteiger partial charge is 0.462 e. The zero-order valence-electron chi connectivity index (χ0n) is 24.2. The second kappa shape index (κ2) is 10.6. The van der Waals surface area contributed by atoms with Crippen molar-refractivity contribution in [3.05, 3.63) is 29.8 Å². The molecule has 2 N–H and O–H groups in total. The molecule has 10 atom stereocenters. The van der Waals surface area contributed by atoms with E-state index in [9.17, 15) is 14.7 Å². The molecule has 210 valence electrons. The number of anilines is 1. The van der Waals surface area contributed by atoms with Crippen LogP contribution in [0.4, 0.5) is 5.69 Å². The van der Waals surface area contributed by atoms with Gasteiger partial charge in [0.1, 0.15) is 6.10 Å². The van der Waals surface area contributed by atoms with Crippen molar-refractivity contribution in [1.29, 1.82) is 0 Å². The second-order valence-electron chi connectivity index (χ2n) is 14.0. The Morgan fingerprint density at radius 1 is 1.03 bits per heavy atom. The predicted octanol–water partition coefficient (Wildman–Crippen LogP) is 6.91. The van der Waals surface area contributed by atoms with Crippen LogP contribution in [0.25, 0.3) is 0 Å². The van der Waals surface area contributed by atoms with E-state index in [2.05, 4.69) is 33.0 Å². The van der Waals surface area contributed by atoms with Crippen LogP contribution in [0, 0.1) is 53.3 Å². The molecule has 0 radical (unpaired) electrons. The average Bonchev–Trinajstić information content (AvgIpc) is 3.22. The normalized spacial score (nSPS) is 40.8. The molecule has 0 spiro atoms. The summed E-state index contributed by atoms with van der Waals surface area (Å²) in [7, 11) is 0. The van der Waals surface area contributed by atoms with E-state index in [1.165, 1.54) is 31.2 Å². The Labute approximate surface area is 229 Å². The van der Waals surface area contributed by atoms with Crippen molar-refractivity contribution < 1.29 is 19.4 Å². The van der Waals surface area contributed by atoms with Crippen LogP contribution in [0.5, 0.6) is 0 Å². The van der Waals surface area contributed by atoms with Gasteiger partial charge in [0, 0.05) is 24.9 Å². The predicted molar refractivity (Wildman–Crippen MR) is 150 cm³/mol. The van der Waals surface area contributed by atoms with E-state index in [1.807, 2.05) is 24.3 Å². The molecule has 0 aliphatic heterocycles. The van der Waals surface area contributed by atoms with Gasteiger partial charge in [-0.25, -0.2) is 0 Å². The first kappa shape index (κ1) is 27.7. The number of rotatable bonds is 6. The number of amides is 1. The Balaban J connectivity index is 1.29. The molecule has 1 amide bonds. The topological polar surface area (TPSA) is 75.6 Å². The van der Waals surface area contributed by atoms with Gasteiger partial charge in [-0.1, -0.05) is 38.5 Å². The minimum atomic E-state index is -0.212. The van der Waals surface area contributed by atoms with E-state index in [1.54, 1.807) is 6.92 Å². The number of aliphatic hydroxyl groups excluding tert-OH is 1. The third kappa shape index (κ3) is 5.05. The maximum Gasteiger partial charge on any atom is 0.302 e. The van der Waals surface area contributed by atoms with Crippen LogP contribution in [0.2, 0.25) is 0 Å². The standard InChI is InChI=1S/C33H49NO4/c1-20-6-9-24(10-7-20)34-30(37)13-8-21(2)26-11-12-27-31-28(15-17-33(26,27)5)32(4)16-14-25(36)18-23(32)19-29(31)38-22(3)35/h6-7,9-10,21,23,25-29,31,36H,8,11-19H2,1-5H3,(H,34,37)/t21-,23?,25-,26?,27?,28?,29+,31?,32+,33-/m1/s1. The van der Waals surface area contributed by atoms with E-state index in [0.29, 0.717) is 41.9 Å². The van der Waals surface area contributed by atoms with Crippen LogP contribution in [-0.4, -0.2) is 29.2 Å². The lowest BCUT2D eigenvalue weighted by Gasteiger charge is -2.62. The number of hydrogen-bond acceptors (Lipinski definition) is 4. The SMILES string of the molecule is CC(=O)O[C@H]1CC2C[C@H](O)CC[C@]2(C)C2CC[C@@]3(C)C(CCC3[C@H](C)CCC(=O)Nc3ccc(C)cc3)C21. The first-order valence-corrected chi connectivity index (χ1v) is 15.2. The molecular weight excluding hydrogens is 474 g/mol. The van der Waals surface area contributed by atoms with Gasteiger partial charge in [-0.2, -0.15) is 0 Å². The number of esters is 1. The van der Waals surface area contributed by atoms with Gasteiger partial charge < -0.3 is 15.2 Å².